The lowest BCUT2D eigenvalue weighted by Crippen LogP contribution is -2.60. The van der Waals surface area contributed by atoms with E-state index in [1.807, 2.05) is 0 Å². The molecule has 3 saturated heterocycles. The Morgan fingerprint density at radius 3 is 1.65 bits per heavy atom. The molecule has 138 heavy (non-hydrogen) atoms. The van der Waals surface area contributed by atoms with Gasteiger partial charge in [0.15, 0.2) is 11.6 Å². The number of hydrogen-bond acceptors (Lipinski definition) is 24. The summed E-state index contributed by atoms with van der Waals surface area (Å²) in [5.41, 5.74) is 14.1. The topological polar surface area (TPSA) is 640 Å². The number of fused-ring (bicyclic) bond motifs is 4. The number of H-pyrrole nitrogens is 2. The summed E-state index contributed by atoms with van der Waals surface area (Å²) in [7, 11) is 5.17. The van der Waals surface area contributed by atoms with Crippen LogP contribution >= 0.6 is 11.8 Å². The van der Waals surface area contributed by atoms with E-state index in [1.54, 1.807) is 99.0 Å². The highest BCUT2D eigenvalue weighted by molar-refractivity contribution is 8.00. The van der Waals surface area contributed by atoms with Crippen molar-refractivity contribution in [1.29, 1.82) is 0 Å². The van der Waals surface area contributed by atoms with E-state index in [9.17, 15) is 78.0 Å². The monoisotopic (exact) mass is 1940 g/mol. The SMILES string of the molecule is CCCC[C@H]1C(=O)N(C)[C@@H](CCCC)C(=O)N[C@@H](CCC(=O)O)C(=O)N[C@H](C(=O)CCC(N)=O)CSCC(=O)N[C@@H](Cc2ccc(OC)cc2)C(=O)N(C)[C@@H](C)C(=O)N[C@@H](CC(N)=O)C(=O)N2CCC[C@H]2C(=O)N[C@@H](CC2=CN=CC2)C(=O)N[C@@H](CCC(=O)O)C(=O)N2C[C@H](O)C[C@H]2C(=O)N[C@@H](Cc2c[nH]c3ccccc23)C(=O)C[C@@H](CC(=O)O)C(=O)N[C@@H](Cc2c[nH]c3ccccc23)C(=O)N1C. The Bertz CT molecular complexity index is 5390. The van der Waals surface area contributed by atoms with Gasteiger partial charge < -0.3 is 114 Å². The maximum Gasteiger partial charge on any atom is 0.304 e. The maximum absolute atomic E-state index is 15.8. The summed E-state index contributed by atoms with van der Waals surface area (Å²) in [4.78, 5) is 304. The molecule has 0 spiro atoms. The number of nitrogens with zero attached hydrogens (tertiary/aromatic N) is 6. The molecule has 4 aliphatic rings. The Morgan fingerprint density at radius 2 is 1.06 bits per heavy atom. The van der Waals surface area contributed by atoms with Crippen LogP contribution < -0.4 is 58.7 Å². The number of para-hydroxylation sites is 2. The zero-order chi connectivity index (χ0) is 101. The summed E-state index contributed by atoms with van der Waals surface area (Å²) in [5, 5.41) is 64.3. The number of aliphatic carboxylic acids is 3. The third-order valence-electron chi connectivity index (χ3n) is 25.1. The molecule has 43 nitrogen and oxygen atoms in total. The van der Waals surface area contributed by atoms with Gasteiger partial charge in [0.05, 0.1) is 49.8 Å². The van der Waals surface area contributed by atoms with Gasteiger partial charge in [-0.15, -0.1) is 11.8 Å². The molecule has 0 radical (unpaired) electrons. The Balaban J connectivity index is 1.12. The van der Waals surface area contributed by atoms with E-state index in [1.165, 1.54) is 47.6 Å². The molecule has 4 aliphatic heterocycles. The first-order valence-electron chi connectivity index (χ1n) is 46.0. The molecule has 44 heteroatoms. The number of aliphatic hydroxyl groups is 1. The number of likely N-dealkylation sites (N-methyl/N-ethyl adjacent to an activating group) is 3. The Hall–Kier alpha value is -13.9. The van der Waals surface area contributed by atoms with Crippen LogP contribution in [-0.2, 0) is 115 Å². The van der Waals surface area contributed by atoms with Crippen molar-refractivity contribution in [2.75, 3.05) is 52.8 Å². The number of thioether (sulfide) groups is 1. The summed E-state index contributed by atoms with van der Waals surface area (Å²) < 4.78 is 5.33. The lowest BCUT2D eigenvalue weighted by Gasteiger charge is -2.36. The van der Waals surface area contributed by atoms with Crippen molar-refractivity contribution < 1.29 is 121 Å². The summed E-state index contributed by atoms with van der Waals surface area (Å²) >= 11 is 0.746. The van der Waals surface area contributed by atoms with Gasteiger partial charge in [-0.25, -0.2) is 0 Å². The average Bonchev–Trinajstić information content (AvgIpc) is 1.71. The van der Waals surface area contributed by atoms with Crippen LogP contribution in [0.25, 0.3) is 21.8 Å². The number of aromatic amines is 2. The van der Waals surface area contributed by atoms with Crippen LogP contribution in [0.2, 0.25) is 0 Å². The van der Waals surface area contributed by atoms with Gasteiger partial charge in [0, 0.05) is 151 Å². The number of primary amides is 2. The molecule has 15 atom stereocenters. The number of hydrogen-bond donors (Lipinski definition) is 16. The molecule has 3 fully saturated rings. The van der Waals surface area contributed by atoms with Gasteiger partial charge in [-0.1, -0.05) is 88.1 Å². The number of ketones is 2. The van der Waals surface area contributed by atoms with Gasteiger partial charge in [-0.2, -0.15) is 0 Å². The summed E-state index contributed by atoms with van der Waals surface area (Å²) in [6.45, 7) is 4.05. The first-order chi connectivity index (χ1) is 65.7. The number of nitrogens with one attached hydrogen (secondary N) is 10. The molecule has 0 bridgehead atoms. The second-order valence-corrected chi connectivity index (χ2v) is 36.2. The summed E-state index contributed by atoms with van der Waals surface area (Å²) in [6.07, 6.45) is -2.71. The molecular formula is C94H124N18O25S. The largest absolute Gasteiger partial charge is 0.497 e. The lowest BCUT2D eigenvalue weighted by atomic mass is 9.91. The molecule has 0 aliphatic carbocycles. The standard InChI is InChI=1S/C94H124N18O25S/c1-8-10-21-71-87(129)101-63(28-32-80(119)120)85(127)107-70(75(114)30-31-77(95)116)49-138-50-79(118)100-67(37-52-24-26-58(137-7)27-25-52)90(132)108(4)51(3)83(125)105-69(44-78(96)117)93(135)111-36-16-23-72(111)88(130)104-66(38-53-34-35-97-45-53)86(128)102-64(29-33-81(121)122)92(134)112-48-57(113)43-74(112)89(131)103-65(39-55-46-98-61-19-14-12-17-59(55)61)76(115)41-54(42-82(123)124)84(126)106-68(40-56-47-99-62-20-15-13-18-60(56)62)91(133)110(6)73(22-11-9-2)94(136)109(71)5/h12-15,17-20,24-27,35,45-47,51,54,57,63-74,98-99,113H,8-11,16,21-23,28-34,36-44,48-50H2,1-7H3,(H2,95,116)(H2,96,117)(H,100,118)(H,101,129)(H,102,128)(H,103,131)(H,104,130)(H,105,125)(H,106,126)(H,107,127)(H,119,120)(H,121,122)(H,123,124)/t51-,54-,57+,63-,64-,65-,66-,67-,68-,69-,70-,71-,72-,73-,74-/m0/s1. The van der Waals surface area contributed by atoms with Crippen molar-refractivity contribution in [1.82, 2.24) is 77.0 Å². The third kappa shape index (κ3) is 30.0. The molecule has 0 unspecified atom stereocenters. The summed E-state index contributed by atoms with van der Waals surface area (Å²) in [5.74, 6) is -23.9. The zero-order valence-electron chi connectivity index (χ0n) is 78.1. The highest BCUT2D eigenvalue weighted by Gasteiger charge is 2.47. The first kappa shape index (κ1) is 108. The number of amides is 15. The van der Waals surface area contributed by atoms with Crippen LogP contribution in [-0.4, -0.2) is 317 Å². The minimum absolute atomic E-state index is 0.0742. The normalized spacial score (nSPS) is 24.9. The van der Waals surface area contributed by atoms with Gasteiger partial charge in [-0.3, -0.25) is 101 Å². The number of carbonyl (C=O) groups excluding carboxylic acids is 17. The van der Waals surface area contributed by atoms with E-state index in [0.717, 1.165) is 36.3 Å². The van der Waals surface area contributed by atoms with Crippen LogP contribution in [0.15, 0.2) is 102 Å². The maximum atomic E-state index is 15.8. The third-order valence-corrected chi connectivity index (χ3v) is 26.1. The lowest BCUT2D eigenvalue weighted by molar-refractivity contribution is -0.150. The molecule has 0 saturated carbocycles. The van der Waals surface area contributed by atoms with E-state index in [0.29, 0.717) is 62.7 Å². The number of Topliss-reactive ketones (excluding diaryl/α,β-unsaturated/α-hetero) is 2. The van der Waals surface area contributed by atoms with Gasteiger partial charge >= 0.3 is 17.9 Å². The van der Waals surface area contributed by atoms with E-state index in [4.69, 9.17) is 16.2 Å². The van der Waals surface area contributed by atoms with Crippen LogP contribution in [0.5, 0.6) is 5.75 Å². The minimum atomic E-state index is -1.86. The second-order valence-electron chi connectivity index (χ2n) is 35.1. The highest BCUT2D eigenvalue weighted by Crippen LogP contribution is 2.30. The molecule has 746 valence electrons. The number of ether oxygens (including phenoxy) is 1. The number of carbonyl (C=O) groups is 20. The smallest absolute Gasteiger partial charge is 0.304 e. The molecule has 5 aromatic rings. The quantitative estimate of drug-likeness (QED) is 0.0308. The van der Waals surface area contributed by atoms with Crippen molar-refractivity contribution in [3.05, 3.63) is 114 Å². The van der Waals surface area contributed by atoms with Gasteiger partial charge in [0.25, 0.3) is 0 Å². The summed E-state index contributed by atoms with van der Waals surface area (Å²) in [6, 6.07) is -1.27. The first-order valence-corrected chi connectivity index (χ1v) is 47.1. The number of aromatic nitrogens is 2. The number of methoxy groups -OCH3 is 1. The number of aliphatic hydroxyl groups excluding tert-OH is 1. The molecule has 6 heterocycles. The minimum Gasteiger partial charge on any atom is -0.497 e. The van der Waals surface area contributed by atoms with Crippen molar-refractivity contribution >= 4 is 158 Å². The molecule has 18 N–H and O–H groups in total. The number of nitrogens with two attached hydrogens (primary N) is 2. The number of unbranched alkanes of at least 4 members (excludes halogenated alkanes) is 2. The molecule has 15 amide bonds. The fourth-order valence-electron chi connectivity index (χ4n) is 17.2. The number of carboxylic acids is 3. The van der Waals surface area contributed by atoms with Crippen molar-refractivity contribution in [3.8, 4) is 5.75 Å². The Morgan fingerprint density at radius 1 is 0.514 bits per heavy atom. The molecule has 3 aromatic carbocycles. The van der Waals surface area contributed by atoms with Crippen molar-refractivity contribution in [2.24, 2.45) is 22.4 Å². The predicted octanol–water partition coefficient (Wildman–Crippen LogP) is 0.383. The second kappa shape index (κ2) is 51.3. The fourth-order valence-corrected chi connectivity index (χ4v) is 18.1. The van der Waals surface area contributed by atoms with Crippen molar-refractivity contribution in [3.63, 3.8) is 0 Å². The molecular weight excluding hydrogens is 1810 g/mol. The van der Waals surface area contributed by atoms with Crippen LogP contribution in [0.4, 0.5) is 0 Å². The number of benzene rings is 3. The average molecular weight is 1940 g/mol. The predicted molar refractivity (Wildman–Crippen MR) is 501 cm³/mol. The molecule has 9 rings (SSSR count). The van der Waals surface area contributed by atoms with E-state index < -0.39 is 291 Å². The van der Waals surface area contributed by atoms with Crippen LogP contribution in [0.1, 0.15) is 166 Å². The number of aliphatic imine (C=N–C) groups is 1. The van der Waals surface area contributed by atoms with E-state index in [2.05, 4.69) is 57.5 Å². The fraction of sp³-hybridized carbons (Fsp3) is 0.521. The highest BCUT2D eigenvalue weighted by atomic mass is 32.2. The van der Waals surface area contributed by atoms with E-state index in [-0.39, 0.29) is 77.2 Å². The van der Waals surface area contributed by atoms with Crippen molar-refractivity contribution in [2.45, 2.75) is 253 Å². The zero-order valence-corrected chi connectivity index (χ0v) is 78.9. The van der Waals surface area contributed by atoms with Gasteiger partial charge in [-0.05, 0) is 98.4 Å². The van der Waals surface area contributed by atoms with Gasteiger partial charge in [0.2, 0.25) is 88.6 Å². The van der Waals surface area contributed by atoms with Crippen LogP contribution in [0, 0.1) is 5.92 Å². The van der Waals surface area contributed by atoms with Gasteiger partial charge in [0.1, 0.15) is 72.2 Å². The molecule has 2 aromatic heterocycles. The number of carboxylic acid groups (broad SMARTS) is 3. The van der Waals surface area contributed by atoms with Crippen LogP contribution in [0.3, 0.4) is 0 Å². The Kier molecular flexibility index (Phi) is 40.0. The van der Waals surface area contributed by atoms with E-state index >= 15 is 38.4 Å². The Labute approximate surface area is 799 Å². The number of rotatable bonds is 29.